The van der Waals surface area contributed by atoms with Crippen molar-refractivity contribution in [2.75, 3.05) is 13.7 Å². The van der Waals surface area contributed by atoms with Crippen LogP contribution < -0.4 is 10.1 Å². The maximum atomic E-state index is 12.9. The van der Waals surface area contributed by atoms with Gasteiger partial charge in [-0.05, 0) is 41.7 Å². The molecular weight excluding hydrogens is 340 g/mol. The molecule has 0 saturated carbocycles. The highest BCUT2D eigenvalue weighted by atomic mass is 16.5. The fourth-order valence-electron chi connectivity index (χ4n) is 3.49. The summed E-state index contributed by atoms with van der Waals surface area (Å²) in [6.45, 7) is 2.63. The molecule has 0 aromatic heterocycles. The van der Waals surface area contributed by atoms with E-state index in [-0.39, 0.29) is 11.9 Å². The number of nitrogens with zero attached hydrogens (tertiary/aromatic N) is 1. The summed E-state index contributed by atoms with van der Waals surface area (Å²) < 4.78 is 5.35. The Hall–Kier alpha value is -2.82. The third kappa shape index (κ3) is 4.13. The summed E-state index contributed by atoms with van der Waals surface area (Å²) >= 11 is 0. The Bertz CT molecular complexity index is 804. The molecule has 3 amide bonds. The first-order valence-electron chi connectivity index (χ1n) is 9.47. The number of hydrogen-bond acceptors (Lipinski definition) is 3. The lowest BCUT2D eigenvalue weighted by Gasteiger charge is -2.30. The minimum atomic E-state index is -0.441. The Kier molecular flexibility index (Phi) is 6.12. The predicted octanol–water partition coefficient (Wildman–Crippen LogP) is 4.07. The highest BCUT2D eigenvalue weighted by molar-refractivity contribution is 5.96. The molecule has 5 nitrogen and oxygen atoms in total. The summed E-state index contributed by atoms with van der Waals surface area (Å²) in [6, 6.07) is 14.8. The van der Waals surface area contributed by atoms with Gasteiger partial charge in [-0.25, -0.2) is 4.79 Å². The highest BCUT2D eigenvalue weighted by Gasteiger charge is 2.35. The van der Waals surface area contributed by atoms with Gasteiger partial charge >= 0.3 is 6.03 Å². The van der Waals surface area contributed by atoms with Gasteiger partial charge in [0, 0.05) is 13.0 Å². The summed E-state index contributed by atoms with van der Waals surface area (Å²) in [4.78, 5) is 27.2. The fourth-order valence-corrected chi connectivity index (χ4v) is 3.49. The molecule has 0 saturated heterocycles. The van der Waals surface area contributed by atoms with E-state index in [1.807, 2.05) is 48.5 Å². The molecule has 0 radical (unpaired) electrons. The van der Waals surface area contributed by atoms with Gasteiger partial charge in [0.15, 0.2) is 0 Å². The number of imide groups is 1. The molecule has 142 valence electrons. The largest absolute Gasteiger partial charge is 0.497 e. The van der Waals surface area contributed by atoms with Crippen molar-refractivity contribution in [3.63, 3.8) is 0 Å². The summed E-state index contributed by atoms with van der Waals surface area (Å²) in [5.74, 6) is 0.599. The Morgan fingerprint density at radius 2 is 1.96 bits per heavy atom. The Balaban J connectivity index is 2.06. The zero-order valence-corrected chi connectivity index (χ0v) is 15.9. The van der Waals surface area contributed by atoms with Crippen molar-refractivity contribution >= 4 is 11.9 Å². The van der Waals surface area contributed by atoms with Gasteiger partial charge < -0.3 is 10.1 Å². The van der Waals surface area contributed by atoms with Gasteiger partial charge in [0.1, 0.15) is 5.75 Å². The van der Waals surface area contributed by atoms with Crippen molar-refractivity contribution in [3.8, 4) is 5.75 Å². The van der Waals surface area contributed by atoms with E-state index in [1.165, 1.54) is 4.90 Å². The van der Waals surface area contributed by atoms with E-state index >= 15 is 0 Å². The van der Waals surface area contributed by atoms with E-state index in [1.54, 1.807) is 7.11 Å². The van der Waals surface area contributed by atoms with Crippen LogP contribution in [0.15, 0.2) is 48.5 Å². The van der Waals surface area contributed by atoms with Crippen molar-refractivity contribution in [2.24, 2.45) is 0 Å². The third-order valence-electron chi connectivity index (χ3n) is 4.92. The van der Waals surface area contributed by atoms with Gasteiger partial charge in [0.05, 0.1) is 13.2 Å². The quantitative estimate of drug-likeness (QED) is 0.812. The molecule has 0 aliphatic carbocycles. The van der Waals surface area contributed by atoms with Crippen molar-refractivity contribution in [3.05, 3.63) is 65.2 Å². The molecule has 27 heavy (non-hydrogen) atoms. The second kappa shape index (κ2) is 8.71. The zero-order valence-electron chi connectivity index (χ0n) is 15.9. The second-order valence-corrected chi connectivity index (χ2v) is 6.73. The third-order valence-corrected chi connectivity index (χ3v) is 4.92. The van der Waals surface area contributed by atoms with Crippen LogP contribution in [-0.4, -0.2) is 30.5 Å². The van der Waals surface area contributed by atoms with Gasteiger partial charge in [-0.1, -0.05) is 49.7 Å². The maximum absolute atomic E-state index is 12.9. The first-order chi connectivity index (χ1) is 13.2. The number of rotatable bonds is 5. The van der Waals surface area contributed by atoms with Crippen LogP contribution >= 0.6 is 0 Å². The van der Waals surface area contributed by atoms with Gasteiger partial charge in [0.2, 0.25) is 5.91 Å². The van der Waals surface area contributed by atoms with Gasteiger partial charge in [-0.3, -0.25) is 9.69 Å². The first kappa shape index (κ1) is 19.0. The molecule has 1 unspecified atom stereocenters. The molecule has 1 heterocycles. The van der Waals surface area contributed by atoms with E-state index in [4.69, 9.17) is 4.74 Å². The monoisotopic (exact) mass is 366 g/mol. The molecule has 0 fully saturated rings. The first-order valence-corrected chi connectivity index (χ1v) is 9.47. The number of benzene rings is 2. The van der Waals surface area contributed by atoms with E-state index in [0.717, 1.165) is 35.3 Å². The zero-order chi connectivity index (χ0) is 19.2. The normalized spacial score (nSPS) is 16.4. The number of carbonyl (C=O) groups is 2. The van der Waals surface area contributed by atoms with Crippen molar-refractivity contribution in [2.45, 2.75) is 38.6 Å². The number of amides is 3. The minimum absolute atomic E-state index is 0.159. The summed E-state index contributed by atoms with van der Waals surface area (Å²) in [5.41, 5.74) is 2.93. The van der Waals surface area contributed by atoms with Crippen LogP contribution in [-0.2, 0) is 11.2 Å². The number of hydrogen-bond donors (Lipinski definition) is 1. The molecule has 0 spiro atoms. The number of methoxy groups -OCH3 is 1. The van der Waals surface area contributed by atoms with E-state index in [2.05, 4.69) is 12.2 Å². The highest BCUT2D eigenvalue weighted by Crippen LogP contribution is 2.36. The van der Waals surface area contributed by atoms with Crippen LogP contribution in [0.25, 0.3) is 0 Å². The van der Waals surface area contributed by atoms with Crippen LogP contribution in [0.2, 0.25) is 0 Å². The van der Waals surface area contributed by atoms with E-state index < -0.39 is 6.04 Å². The second-order valence-electron chi connectivity index (χ2n) is 6.73. The average Bonchev–Trinajstić information content (AvgIpc) is 2.85. The summed E-state index contributed by atoms with van der Waals surface area (Å²) in [7, 11) is 1.63. The summed E-state index contributed by atoms with van der Waals surface area (Å²) in [6.07, 6.45) is 2.76. The fraction of sp³-hybridized carbons (Fsp3) is 0.364. The summed E-state index contributed by atoms with van der Waals surface area (Å²) in [5, 5.41) is 2.91. The molecule has 1 N–H and O–H groups in total. The van der Waals surface area contributed by atoms with Crippen LogP contribution in [0.4, 0.5) is 4.79 Å². The SMILES string of the molecule is CCCCNC(=O)N1C(=O)CCc2cc(OC)ccc2C1c1ccccc1. The lowest BCUT2D eigenvalue weighted by atomic mass is 9.93. The lowest BCUT2D eigenvalue weighted by molar-refractivity contribution is -0.129. The van der Waals surface area contributed by atoms with Crippen LogP contribution in [0.5, 0.6) is 5.75 Å². The molecule has 1 aliphatic rings. The van der Waals surface area contributed by atoms with Crippen LogP contribution in [0.3, 0.4) is 0 Å². The van der Waals surface area contributed by atoms with Crippen molar-refractivity contribution in [1.82, 2.24) is 10.2 Å². The Morgan fingerprint density at radius 1 is 1.19 bits per heavy atom. The van der Waals surface area contributed by atoms with E-state index in [9.17, 15) is 9.59 Å². The number of aryl methyl sites for hydroxylation is 1. The van der Waals surface area contributed by atoms with Crippen LogP contribution in [0, 0.1) is 0 Å². The number of unbranched alkanes of at least 4 members (excludes halogenated alkanes) is 1. The van der Waals surface area contributed by atoms with Gasteiger partial charge in [-0.15, -0.1) is 0 Å². The minimum Gasteiger partial charge on any atom is -0.497 e. The number of fused-ring (bicyclic) bond motifs is 1. The average molecular weight is 366 g/mol. The number of ether oxygens (including phenoxy) is 1. The molecule has 1 aliphatic heterocycles. The lowest BCUT2D eigenvalue weighted by Crippen LogP contribution is -2.45. The van der Waals surface area contributed by atoms with E-state index in [0.29, 0.717) is 19.4 Å². The maximum Gasteiger partial charge on any atom is 0.324 e. The van der Waals surface area contributed by atoms with Crippen molar-refractivity contribution in [1.29, 1.82) is 0 Å². The molecule has 0 bridgehead atoms. The molecule has 3 rings (SSSR count). The van der Waals surface area contributed by atoms with Gasteiger partial charge in [-0.2, -0.15) is 0 Å². The smallest absolute Gasteiger partial charge is 0.324 e. The topological polar surface area (TPSA) is 58.6 Å². The van der Waals surface area contributed by atoms with Crippen LogP contribution in [0.1, 0.15) is 48.9 Å². The Morgan fingerprint density at radius 3 is 2.67 bits per heavy atom. The van der Waals surface area contributed by atoms with Crippen molar-refractivity contribution < 1.29 is 14.3 Å². The molecular formula is C22H26N2O3. The molecule has 2 aromatic rings. The molecule has 1 atom stereocenters. The number of nitrogens with one attached hydrogen (secondary N) is 1. The molecule has 2 aromatic carbocycles. The number of carbonyl (C=O) groups excluding carboxylic acids is 2. The standard InChI is InChI=1S/C22H26N2O3/c1-3-4-14-23-22(26)24-20(25)13-10-17-15-18(27-2)11-12-19(17)21(24)16-8-6-5-7-9-16/h5-9,11-12,15,21H,3-4,10,13-14H2,1-2H3,(H,23,26). The molecule has 5 heteroatoms. The Labute approximate surface area is 160 Å². The predicted molar refractivity (Wildman–Crippen MR) is 105 cm³/mol. The van der Waals surface area contributed by atoms with Gasteiger partial charge in [0.25, 0.3) is 0 Å². The number of urea groups is 1.